The minimum absolute atomic E-state index is 0.0255. The van der Waals surface area contributed by atoms with Gasteiger partial charge in [-0.25, -0.2) is 13.5 Å². The minimum atomic E-state index is -2.49. The Morgan fingerprint density at radius 1 is 1.53 bits per heavy atom. The monoisotopic (exact) mass is 295 g/mol. The highest BCUT2D eigenvalue weighted by atomic mass is 35.5. The van der Waals surface area contributed by atoms with Crippen molar-refractivity contribution in [2.24, 2.45) is 0 Å². The second-order valence-electron chi connectivity index (χ2n) is 4.11. The van der Waals surface area contributed by atoms with Gasteiger partial charge in [0.2, 0.25) is 0 Å². The SMILES string of the molecule is CC(C)n1ncc(NCCOCC(F)F)c(Cl)c1=O. The minimum Gasteiger partial charge on any atom is -0.380 e. The number of halogens is 3. The van der Waals surface area contributed by atoms with E-state index in [2.05, 4.69) is 15.2 Å². The quantitative estimate of drug-likeness (QED) is 0.783. The lowest BCUT2D eigenvalue weighted by molar-refractivity contribution is 0.0215. The summed E-state index contributed by atoms with van der Waals surface area (Å²) in [4.78, 5) is 11.8. The van der Waals surface area contributed by atoms with E-state index in [0.29, 0.717) is 5.69 Å². The highest BCUT2D eigenvalue weighted by molar-refractivity contribution is 6.32. The van der Waals surface area contributed by atoms with Crippen LogP contribution in [0.25, 0.3) is 0 Å². The maximum Gasteiger partial charge on any atom is 0.287 e. The van der Waals surface area contributed by atoms with Gasteiger partial charge in [-0.1, -0.05) is 11.6 Å². The van der Waals surface area contributed by atoms with E-state index in [1.165, 1.54) is 10.9 Å². The van der Waals surface area contributed by atoms with Crippen molar-refractivity contribution in [1.82, 2.24) is 9.78 Å². The first-order valence-corrected chi connectivity index (χ1v) is 6.18. The van der Waals surface area contributed by atoms with Crippen molar-refractivity contribution in [1.29, 1.82) is 0 Å². The molecular weight excluding hydrogens is 280 g/mol. The predicted molar refractivity (Wildman–Crippen MR) is 69.2 cm³/mol. The largest absolute Gasteiger partial charge is 0.380 e. The van der Waals surface area contributed by atoms with Crippen molar-refractivity contribution >= 4 is 17.3 Å². The molecular formula is C11H16ClF2N3O2. The summed E-state index contributed by atoms with van der Waals surface area (Å²) < 4.78 is 29.6. The standard InChI is InChI=1S/C11H16ClF2N3O2/c1-7(2)17-11(18)10(12)8(5-16-17)15-3-4-19-6-9(13)14/h5,7,9,15H,3-4,6H2,1-2H3. The smallest absolute Gasteiger partial charge is 0.287 e. The Balaban J connectivity index is 2.56. The van der Waals surface area contributed by atoms with Gasteiger partial charge in [0.15, 0.2) is 0 Å². The number of anilines is 1. The van der Waals surface area contributed by atoms with Crippen molar-refractivity contribution in [3.05, 3.63) is 21.6 Å². The van der Waals surface area contributed by atoms with Crippen LogP contribution in [0.4, 0.5) is 14.5 Å². The lowest BCUT2D eigenvalue weighted by Crippen LogP contribution is -2.26. The molecule has 0 atom stereocenters. The Morgan fingerprint density at radius 3 is 2.79 bits per heavy atom. The number of nitrogens with one attached hydrogen (secondary N) is 1. The second-order valence-corrected chi connectivity index (χ2v) is 4.49. The summed E-state index contributed by atoms with van der Waals surface area (Å²) in [6.45, 7) is 3.38. The fourth-order valence-corrected chi connectivity index (χ4v) is 1.57. The van der Waals surface area contributed by atoms with E-state index in [-0.39, 0.29) is 24.2 Å². The van der Waals surface area contributed by atoms with Gasteiger partial charge in [0.25, 0.3) is 12.0 Å². The third-order valence-corrected chi connectivity index (χ3v) is 2.60. The Morgan fingerprint density at radius 2 is 2.21 bits per heavy atom. The molecule has 0 aromatic carbocycles. The predicted octanol–water partition coefficient (Wildman–Crippen LogP) is 2.17. The third-order valence-electron chi connectivity index (χ3n) is 2.24. The van der Waals surface area contributed by atoms with Crippen molar-refractivity contribution in [2.75, 3.05) is 25.1 Å². The molecule has 0 saturated carbocycles. The molecule has 0 aliphatic carbocycles. The van der Waals surface area contributed by atoms with Crippen molar-refractivity contribution < 1.29 is 13.5 Å². The first-order valence-electron chi connectivity index (χ1n) is 5.80. The average molecular weight is 296 g/mol. The Kier molecular flexibility index (Phi) is 6.17. The Labute approximate surface area is 114 Å². The molecule has 0 aliphatic heterocycles. The number of ether oxygens (including phenoxy) is 1. The molecule has 0 saturated heterocycles. The normalized spacial score (nSPS) is 11.3. The van der Waals surface area contributed by atoms with Crippen LogP contribution in [-0.2, 0) is 4.74 Å². The summed E-state index contributed by atoms with van der Waals surface area (Å²) in [5.41, 5.74) is -0.0284. The summed E-state index contributed by atoms with van der Waals surface area (Å²) in [6.07, 6.45) is -1.06. The fraction of sp³-hybridized carbons (Fsp3) is 0.636. The van der Waals surface area contributed by atoms with Gasteiger partial charge in [-0.2, -0.15) is 5.10 Å². The number of hydrogen-bond acceptors (Lipinski definition) is 4. The molecule has 0 bridgehead atoms. The Bertz CT molecular complexity index is 466. The number of hydrogen-bond donors (Lipinski definition) is 1. The fourth-order valence-electron chi connectivity index (χ4n) is 1.37. The zero-order valence-corrected chi connectivity index (χ0v) is 11.5. The molecule has 8 heteroatoms. The molecule has 0 fully saturated rings. The maximum atomic E-state index is 11.8. The van der Waals surface area contributed by atoms with Gasteiger partial charge in [0.05, 0.1) is 24.5 Å². The van der Waals surface area contributed by atoms with E-state index in [1.807, 2.05) is 13.8 Å². The topological polar surface area (TPSA) is 56.1 Å². The number of aromatic nitrogens is 2. The van der Waals surface area contributed by atoms with E-state index in [9.17, 15) is 13.6 Å². The van der Waals surface area contributed by atoms with E-state index < -0.39 is 18.6 Å². The summed E-state index contributed by atoms with van der Waals surface area (Å²) >= 11 is 5.91. The third kappa shape index (κ3) is 4.76. The number of rotatable bonds is 7. The zero-order valence-electron chi connectivity index (χ0n) is 10.7. The molecule has 0 spiro atoms. The number of alkyl halides is 2. The number of nitrogens with zero attached hydrogens (tertiary/aromatic N) is 2. The maximum absolute atomic E-state index is 11.8. The molecule has 1 rings (SSSR count). The Hall–Kier alpha value is -1.21. The molecule has 0 unspecified atom stereocenters. The van der Waals surface area contributed by atoms with E-state index in [4.69, 9.17) is 11.6 Å². The summed E-state index contributed by atoms with van der Waals surface area (Å²) in [6, 6.07) is -0.0894. The summed E-state index contributed by atoms with van der Waals surface area (Å²) in [7, 11) is 0. The lowest BCUT2D eigenvalue weighted by atomic mass is 10.4. The molecule has 0 aliphatic rings. The van der Waals surface area contributed by atoms with Crippen LogP contribution in [0.3, 0.4) is 0 Å². The van der Waals surface area contributed by atoms with Crippen LogP contribution in [0.2, 0.25) is 5.02 Å². The van der Waals surface area contributed by atoms with Gasteiger partial charge in [-0.15, -0.1) is 0 Å². The molecule has 19 heavy (non-hydrogen) atoms. The first kappa shape index (κ1) is 15.8. The lowest BCUT2D eigenvalue weighted by Gasteiger charge is -2.12. The zero-order chi connectivity index (χ0) is 14.4. The molecule has 1 heterocycles. The first-order chi connectivity index (χ1) is 8.93. The van der Waals surface area contributed by atoms with Crippen molar-refractivity contribution in [3.8, 4) is 0 Å². The van der Waals surface area contributed by atoms with Crippen molar-refractivity contribution in [2.45, 2.75) is 26.3 Å². The van der Waals surface area contributed by atoms with Crippen LogP contribution in [0.1, 0.15) is 19.9 Å². The van der Waals surface area contributed by atoms with E-state index in [0.717, 1.165) is 0 Å². The van der Waals surface area contributed by atoms with Crippen LogP contribution in [0, 0.1) is 0 Å². The highest BCUT2D eigenvalue weighted by Gasteiger charge is 2.10. The molecule has 0 radical (unpaired) electrons. The van der Waals surface area contributed by atoms with Crippen LogP contribution >= 0.6 is 11.6 Å². The average Bonchev–Trinajstić information content (AvgIpc) is 2.33. The van der Waals surface area contributed by atoms with Crippen molar-refractivity contribution in [3.63, 3.8) is 0 Å². The second kappa shape index (κ2) is 7.40. The molecule has 0 amide bonds. The van der Waals surface area contributed by atoms with Crippen LogP contribution in [-0.4, -0.2) is 36.0 Å². The molecule has 1 aromatic rings. The molecule has 108 valence electrons. The van der Waals surface area contributed by atoms with Gasteiger partial charge in [0.1, 0.15) is 11.6 Å². The van der Waals surface area contributed by atoms with E-state index >= 15 is 0 Å². The van der Waals surface area contributed by atoms with Crippen LogP contribution < -0.4 is 10.9 Å². The van der Waals surface area contributed by atoms with E-state index in [1.54, 1.807) is 0 Å². The summed E-state index contributed by atoms with van der Waals surface area (Å²) in [5, 5.41) is 6.80. The molecule has 1 N–H and O–H groups in total. The molecule has 5 nitrogen and oxygen atoms in total. The molecule has 1 aromatic heterocycles. The van der Waals surface area contributed by atoms with Gasteiger partial charge >= 0.3 is 0 Å². The van der Waals surface area contributed by atoms with Crippen LogP contribution in [0.15, 0.2) is 11.0 Å². The van der Waals surface area contributed by atoms with Gasteiger partial charge in [0, 0.05) is 6.54 Å². The van der Waals surface area contributed by atoms with Gasteiger partial charge in [-0.05, 0) is 13.8 Å². The van der Waals surface area contributed by atoms with Gasteiger partial charge in [-0.3, -0.25) is 4.79 Å². The van der Waals surface area contributed by atoms with Crippen LogP contribution in [0.5, 0.6) is 0 Å². The highest BCUT2D eigenvalue weighted by Crippen LogP contribution is 2.15. The summed E-state index contributed by atoms with van der Waals surface area (Å²) in [5.74, 6) is 0. The van der Waals surface area contributed by atoms with Gasteiger partial charge < -0.3 is 10.1 Å².